The molecule has 0 atom stereocenters. The third-order valence-electron chi connectivity index (χ3n) is 1.98. The van der Waals surface area contributed by atoms with Gasteiger partial charge in [0.05, 0.1) is 0 Å². The van der Waals surface area contributed by atoms with E-state index >= 15 is 0 Å². The lowest BCUT2D eigenvalue weighted by atomic mass is 10.2. The maximum Gasteiger partial charge on any atom is 0.426 e. The Kier molecular flexibility index (Phi) is 2.79. The number of anilines is 1. The van der Waals surface area contributed by atoms with Crippen LogP contribution >= 0.6 is 0 Å². The van der Waals surface area contributed by atoms with Crippen LogP contribution in [0.4, 0.5) is 10.6 Å². The van der Waals surface area contributed by atoms with Crippen molar-refractivity contribution in [2.24, 2.45) is 0 Å². The second-order valence-corrected chi connectivity index (χ2v) is 4.64. The van der Waals surface area contributed by atoms with Gasteiger partial charge in [-0.1, -0.05) is 0 Å². The van der Waals surface area contributed by atoms with Crippen molar-refractivity contribution in [3.63, 3.8) is 0 Å². The molecule has 92 valence electrons. The number of hydrogen-bond acceptors (Lipinski definition) is 5. The van der Waals surface area contributed by atoms with Crippen LogP contribution in [0.5, 0.6) is 5.75 Å². The first-order valence-corrected chi connectivity index (χ1v) is 5.31. The molecule has 0 bridgehead atoms. The summed E-state index contributed by atoms with van der Waals surface area (Å²) in [7, 11) is 0. The number of fused-ring (bicyclic) bond motifs is 1. The van der Waals surface area contributed by atoms with Crippen LogP contribution in [0, 0.1) is 0 Å². The summed E-state index contributed by atoms with van der Waals surface area (Å²) in [6, 6.07) is 3.56. The van der Waals surface area contributed by atoms with Gasteiger partial charge in [0, 0.05) is 6.20 Å². The van der Waals surface area contributed by atoms with Gasteiger partial charge in [0.25, 0.3) is 0 Å². The monoisotopic (exact) mass is 237 g/mol. The summed E-state index contributed by atoms with van der Waals surface area (Å²) in [5.41, 5.74) is 2.05. The number of nitrogens with zero attached hydrogens (tertiary/aromatic N) is 2. The van der Waals surface area contributed by atoms with E-state index in [0.717, 1.165) is 0 Å². The first-order chi connectivity index (χ1) is 7.96. The zero-order chi connectivity index (χ0) is 12.5. The number of carbonyl (C=O) groups is 1. The topological polar surface area (TPSA) is 63.7 Å². The Morgan fingerprint density at radius 1 is 1.59 bits per heavy atom. The van der Waals surface area contributed by atoms with Crippen molar-refractivity contribution in [3.05, 3.63) is 18.3 Å². The van der Waals surface area contributed by atoms with E-state index in [1.54, 1.807) is 39.1 Å². The first kappa shape index (κ1) is 11.5. The van der Waals surface area contributed by atoms with Crippen LogP contribution in [-0.2, 0) is 4.74 Å². The molecule has 0 aliphatic carbocycles. The summed E-state index contributed by atoms with van der Waals surface area (Å²) in [5.74, 6) is 1.22. The predicted octanol–water partition coefficient (Wildman–Crippen LogP) is 1.68. The highest BCUT2D eigenvalue weighted by Crippen LogP contribution is 2.29. The molecule has 0 spiro atoms. The number of carbonyl (C=O) groups excluding carboxylic acids is 1. The van der Waals surface area contributed by atoms with Crippen LogP contribution in [0.2, 0.25) is 0 Å². The van der Waals surface area contributed by atoms with Crippen LogP contribution in [0.15, 0.2) is 18.3 Å². The summed E-state index contributed by atoms with van der Waals surface area (Å²) in [5, 5.41) is 1.50. The van der Waals surface area contributed by atoms with Crippen molar-refractivity contribution < 1.29 is 14.3 Å². The van der Waals surface area contributed by atoms with Crippen LogP contribution in [-0.4, -0.2) is 23.4 Å². The molecule has 0 fully saturated rings. The summed E-state index contributed by atoms with van der Waals surface area (Å²) in [6.07, 6.45) is 1.11. The van der Waals surface area contributed by atoms with Gasteiger partial charge >= 0.3 is 6.09 Å². The van der Waals surface area contributed by atoms with Gasteiger partial charge in [-0.25, -0.2) is 20.2 Å². The van der Waals surface area contributed by atoms with Crippen molar-refractivity contribution >= 4 is 11.9 Å². The fraction of sp³-hybridized carbons (Fsp3) is 0.455. The van der Waals surface area contributed by atoms with E-state index in [1.165, 1.54) is 5.01 Å². The number of rotatable bonds is 1. The number of amides is 1. The summed E-state index contributed by atoms with van der Waals surface area (Å²) >= 11 is 0. The molecule has 2 heterocycles. The van der Waals surface area contributed by atoms with Crippen molar-refractivity contribution in [2.45, 2.75) is 26.4 Å². The molecule has 2 rings (SSSR count). The molecule has 17 heavy (non-hydrogen) atoms. The number of nitrogens with one attached hydrogen (secondary N) is 1. The molecule has 6 heteroatoms. The van der Waals surface area contributed by atoms with Gasteiger partial charge in [-0.15, -0.1) is 0 Å². The van der Waals surface area contributed by atoms with E-state index in [2.05, 4.69) is 10.4 Å². The minimum Gasteiger partial charge on any atom is -0.467 e. The summed E-state index contributed by atoms with van der Waals surface area (Å²) in [4.78, 5) is 15.7. The molecule has 0 saturated carbocycles. The van der Waals surface area contributed by atoms with Gasteiger partial charge in [0.1, 0.15) is 5.60 Å². The zero-order valence-electron chi connectivity index (χ0n) is 10.1. The molecule has 1 N–H and O–H groups in total. The van der Waals surface area contributed by atoms with E-state index in [-0.39, 0.29) is 6.73 Å². The highest BCUT2D eigenvalue weighted by atomic mass is 16.6. The average Bonchev–Trinajstić information content (AvgIpc) is 2.59. The Morgan fingerprint density at radius 2 is 2.35 bits per heavy atom. The molecule has 0 radical (unpaired) electrons. The van der Waals surface area contributed by atoms with Crippen molar-refractivity contribution in [1.29, 1.82) is 0 Å². The van der Waals surface area contributed by atoms with Gasteiger partial charge in [-0.3, -0.25) is 0 Å². The second kappa shape index (κ2) is 4.12. The van der Waals surface area contributed by atoms with E-state index in [1.807, 2.05) is 0 Å². The number of hydrazine groups is 1. The fourth-order valence-corrected chi connectivity index (χ4v) is 1.39. The Labute approximate surface area is 99.5 Å². The Bertz CT molecular complexity index is 428. The molecule has 1 aliphatic heterocycles. The third kappa shape index (κ3) is 2.77. The van der Waals surface area contributed by atoms with E-state index < -0.39 is 11.7 Å². The number of aromatic nitrogens is 1. The smallest absolute Gasteiger partial charge is 0.426 e. The SMILES string of the molecule is CC(C)(C)OC(=O)NN1COc2cccnc21. The molecule has 1 amide bonds. The van der Waals surface area contributed by atoms with Crippen LogP contribution in [0.1, 0.15) is 20.8 Å². The molecule has 1 aromatic rings. The van der Waals surface area contributed by atoms with Crippen LogP contribution in [0.25, 0.3) is 0 Å². The van der Waals surface area contributed by atoms with E-state index in [4.69, 9.17) is 9.47 Å². The number of pyridine rings is 1. The van der Waals surface area contributed by atoms with Crippen molar-refractivity contribution in [2.75, 3.05) is 11.7 Å². The molecule has 0 saturated heterocycles. The largest absolute Gasteiger partial charge is 0.467 e. The predicted molar refractivity (Wildman–Crippen MR) is 61.6 cm³/mol. The molecular weight excluding hydrogens is 222 g/mol. The average molecular weight is 237 g/mol. The second-order valence-electron chi connectivity index (χ2n) is 4.64. The molecule has 6 nitrogen and oxygen atoms in total. The molecule has 1 aromatic heterocycles. The van der Waals surface area contributed by atoms with Crippen LogP contribution in [0.3, 0.4) is 0 Å². The maximum atomic E-state index is 11.6. The van der Waals surface area contributed by atoms with Crippen LogP contribution < -0.4 is 15.2 Å². The van der Waals surface area contributed by atoms with Gasteiger partial charge in [-0.05, 0) is 32.9 Å². The molecular formula is C11H15N3O3. The lowest BCUT2D eigenvalue weighted by molar-refractivity contribution is 0.0514. The number of ether oxygens (including phenoxy) is 2. The summed E-state index contributed by atoms with van der Waals surface area (Å²) < 4.78 is 10.5. The fourth-order valence-electron chi connectivity index (χ4n) is 1.39. The van der Waals surface area contributed by atoms with Gasteiger partial charge in [-0.2, -0.15) is 0 Å². The van der Waals surface area contributed by atoms with E-state index in [9.17, 15) is 4.79 Å². The Morgan fingerprint density at radius 3 is 3.06 bits per heavy atom. The quantitative estimate of drug-likeness (QED) is 0.805. The lowest BCUT2D eigenvalue weighted by Crippen LogP contribution is -2.44. The van der Waals surface area contributed by atoms with Gasteiger partial charge in [0.2, 0.25) is 0 Å². The van der Waals surface area contributed by atoms with Crippen molar-refractivity contribution in [3.8, 4) is 5.75 Å². The number of hydrogen-bond donors (Lipinski definition) is 1. The lowest BCUT2D eigenvalue weighted by Gasteiger charge is -2.22. The highest BCUT2D eigenvalue weighted by Gasteiger charge is 2.25. The molecule has 0 aromatic carbocycles. The molecule has 0 unspecified atom stereocenters. The Hall–Kier alpha value is -1.98. The normalized spacial score (nSPS) is 13.9. The summed E-state index contributed by atoms with van der Waals surface area (Å²) in [6.45, 7) is 5.64. The first-order valence-electron chi connectivity index (χ1n) is 5.31. The maximum absolute atomic E-state index is 11.6. The molecule has 1 aliphatic rings. The van der Waals surface area contributed by atoms with Crippen molar-refractivity contribution in [1.82, 2.24) is 10.4 Å². The Balaban J connectivity index is 2.00. The minimum absolute atomic E-state index is 0.228. The van der Waals surface area contributed by atoms with Gasteiger partial charge in [0.15, 0.2) is 18.3 Å². The van der Waals surface area contributed by atoms with E-state index in [0.29, 0.717) is 11.6 Å². The third-order valence-corrected chi connectivity index (χ3v) is 1.98. The highest BCUT2D eigenvalue weighted by molar-refractivity contribution is 5.71. The standard InChI is InChI=1S/C11H15N3O3/c1-11(2,3)17-10(15)13-14-7-16-8-5-4-6-12-9(8)14/h4-6H,7H2,1-3H3,(H,13,15). The van der Waals surface area contributed by atoms with Gasteiger partial charge < -0.3 is 9.47 Å². The zero-order valence-corrected chi connectivity index (χ0v) is 10.1. The minimum atomic E-state index is -0.530.